The zero-order chi connectivity index (χ0) is 14.5. The highest BCUT2D eigenvalue weighted by molar-refractivity contribution is 5.83. The van der Waals surface area contributed by atoms with Crippen LogP contribution in [0.3, 0.4) is 0 Å². The van der Waals surface area contributed by atoms with E-state index in [-0.39, 0.29) is 0 Å². The molecule has 0 fully saturated rings. The maximum absolute atomic E-state index is 3.95. The van der Waals surface area contributed by atoms with Crippen LogP contribution in [-0.2, 0) is 6.42 Å². The third-order valence-corrected chi connectivity index (χ3v) is 3.61. The van der Waals surface area contributed by atoms with Gasteiger partial charge in [0.05, 0.1) is 0 Å². The number of rotatable bonds is 5. The number of hydrogen-bond donors (Lipinski definition) is 1. The van der Waals surface area contributed by atoms with Crippen molar-refractivity contribution in [1.29, 1.82) is 0 Å². The predicted octanol–water partition coefficient (Wildman–Crippen LogP) is 5.43. The average Bonchev–Trinajstić information content (AvgIpc) is 2.83. The SMILES string of the molecule is C=C/C(=C\C=C(C)C)C(C)Cc1c[nH]c2ccccc12. The molecule has 0 saturated heterocycles. The molecule has 1 aromatic carbocycles. The van der Waals surface area contributed by atoms with E-state index in [0.717, 1.165) is 6.42 Å². The fraction of sp³-hybridized carbons (Fsp3) is 0.263. The number of aromatic amines is 1. The van der Waals surface area contributed by atoms with E-state index >= 15 is 0 Å². The van der Waals surface area contributed by atoms with Crippen LogP contribution >= 0.6 is 0 Å². The van der Waals surface area contributed by atoms with Gasteiger partial charge >= 0.3 is 0 Å². The van der Waals surface area contributed by atoms with Crippen molar-refractivity contribution in [3.8, 4) is 0 Å². The Kier molecular flexibility index (Phi) is 4.62. The van der Waals surface area contributed by atoms with E-state index < -0.39 is 0 Å². The van der Waals surface area contributed by atoms with E-state index in [2.05, 4.69) is 74.9 Å². The molecule has 0 spiro atoms. The zero-order valence-corrected chi connectivity index (χ0v) is 12.6. The van der Waals surface area contributed by atoms with Crippen molar-refractivity contribution in [2.75, 3.05) is 0 Å². The fourth-order valence-corrected chi connectivity index (χ4v) is 2.44. The number of benzene rings is 1. The molecule has 0 bridgehead atoms. The predicted molar refractivity (Wildman–Crippen MR) is 88.9 cm³/mol. The summed E-state index contributed by atoms with van der Waals surface area (Å²) in [6.45, 7) is 10.4. The summed E-state index contributed by atoms with van der Waals surface area (Å²) in [5.74, 6) is 0.460. The minimum Gasteiger partial charge on any atom is -0.361 e. The van der Waals surface area contributed by atoms with Crippen molar-refractivity contribution in [3.63, 3.8) is 0 Å². The molecule has 1 heteroatoms. The molecule has 1 unspecified atom stereocenters. The van der Waals surface area contributed by atoms with Gasteiger partial charge in [0, 0.05) is 17.1 Å². The Morgan fingerprint density at radius 3 is 2.70 bits per heavy atom. The topological polar surface area (TPSA) is 15.8 Å². The third-order valence-electron chi connectivity index (χ3n) is 3.61. The summed E-state index contributed by atoms with van der Waals surface area (Å²) < 4.78 is 0. The fourth-order valence-electron chi connectivity index (χ4n) is 2.44. The molecule has 0 aliphatic carbocycles. The molecule has 0 amide bonds. The van der Waals surface area contributed by atoms with E-state index in [1.165, 1.54) is 27.6 Å². The highest BCUT2D eigenvalue weighted by Crippen LogP contribution is 2.24. The second-order valence-corrected chi connectivity index (χ2v) is 5.58. The van der Waals surface area contributed by atoms with E-state index in [0.29, 0.717) is 5.92 Å². The van der Waals surface area contributed by atoms with Crippen LogP contribution in [-0.4, -0.2) is 4.98 Å². The molecule has 1 nitrogen and oxygen atoms in total. The first-order valence-electron chi connectivity index (χ1n) is 7.14. The molecule has 1 aromatic heterocycles. The molecule has 2 aromatic rings. The molecule has 2 rings (SSSR count). The van der Waals surface area contributed by atoms with E-state index in [9.17, 15) is 0 Å². The Morgan fingerprint density at radius 1 is 1.25 bits per heavy atom. The summed E-state index contributed by atoms with van der Waals surface area (Å²) in [5.41, 5.74) is 5.18. The van der Waals surface area contributed by atoms with Crippen LogP contribution < -0.4 is 0 Å². The molecule has 1 atom stereocenters. The van der Waals surface area contributed by atoms with Crippen molar-refractivity contribution < 1.29 is 0 Å². The molecular weight excluding hydrogens is 242 g/mol. The Morgan fingerprint density at radius 2 is 2.00 bits per heavy atom. The molecule has 20 heavy (non-hydrogen) atoms. The van der Waals surface area contributed by atoms with Gasteiger partial charge in [-0.25, -0.2) is 0 Å². The number of aromatic nitrogens is 1. The first-order chi connectivity index (χ1) is 9.61. The number of H-pyrrole nitrogens is 1. The number of nitrogens with one attached hydrogen (secondary N) is 1. The van der Waals surface area contributed by atoms with Crippen LogP contribution in [0.2, 0.25) is 0 Å². The first kappa shape index (κ1) is 14.4. The van der Waals surface area contributed by atoms with Crippen LogP contribution in [0, 0.1) is 5.92 Å². The van der Waals surface area contributed by atoms with Crippen LogP contribution in [0.15, 0.2) is 66.4 Å². The Hall–Kier alpha value is -2.02. The lowest BCUT2D eigenvalue weighted by Crippen LogP contribution is -2.01. The van der Waals surface area contributed by atoms with Gasteiger partial charge < -0.3 is 4.98 Å². The summed E-state index contributed by atoms with van der Waals surface area (Å²) in [5, 5.41) is 1.32. The van der Waals surface area contributed by atoms with Crippen LogP contribution in [0.4, 0.5) is 0 Å². The maximum Gasteiger partial charge on any atom is 0.0456 e. The summed E-state index contributed by atoms with van der Waals surface area (Å²) >= 11 is 0. The molecule has 0 aliphatic rings. The van der Waals surface area contributed by atoms with Gasteiger partial charge in [0.15, 0.2) is 0 Å². The molecule has 0 aliphatic heterocycles. The molecule has 104 valence electrons. The van der Waals surface area contributed by atoms with Gasteiger partial charge in [-0.15, -0.1) is 0 Å². The molecular formula is C19H23N. The largest absolute Gasteiger partial charge is 0.361 e. The van der Waals surface area contributed by atoms with Crippen molar-refractivity contribution in [1.82, 2.24) is 4.98 Å². The second kappa shape index (κ2) is 6.42. The minimum absolute atomic E-state index is 0.460. The molecule has 0 saturated carbocycles. The van der Waals surface area contributed by atoms with Crippen LogP contribution in [0.5, 0.6) is 0 Å². The number of allylic oxidation sites excluding steroid dienone is 5. The minimum atomic E-state index is 0.460. The van der Waals surface area contributed by atoms with Gasteiger partial charge in [0.25, 0.3) is 0 Å². The highest BCUT2D eigenvalue weighted by atomic mass is 14.7. The molecule has 1 N–H and O–H groups in total. The van der Waals surface area contributed by atoms with Gasteiger partial charge in [-0.05, 0) is 43.4 Å². The van der Waals surface area contributed by atoms with Crippen molar-refractivity contribution >= 4 is 10.9 Å². The lowest BCUT2D eigenvalue weighted by molar-refractivity contribution is 0.697. The number of hydrogen-bond acceptors (Lipinski definition) is 0. The first-order valence-corrected chi connectivity index (χ1v) is 7.14. The Bertz CT molecular complexity index is 651. The summed E-state index contributed by atoms with van der Waals surface area (Å²) in [4.78, 5) is 3.34. The van der Waals surface area contributed by atoms with E-state index in [1.54, 1.807) is 0 Å². The smallest absolute Gasteiger partial charge is 0.0456 e. The lowest BCUT2D eigenvalue weighted by atomic mass is 9.93. The molecule has 0 radical (unpaired) electrons. The normalized spacial score (nSPS) is 13.2. The molecule has 1 heterocycles. The quantitative estimate of drug-likeness (QED) is 0.694. The van der Waals surface area contributed by atoms with Crippen molar-refractivity contribution in [2.24, 2.45) is 5.92 Å². The number of fused-ring (bicyclic) bond motifs is 1. The van der Waals surface area contributed by atoms with E-state index in [4.69, 9.17) is 0 Å². The summed E-state index contributed by atoms with van der Waals surface area (Å²) in [7, 11) is 0. The number of para-hydroxylation sites is 1. The Labute approximate surface area is 121 Å². The van der Waals surface area contributed by atoms with Gasteiger partial charge in [-0.2, -0.15) is 0 Å². The van der Waals surface area contributed by atoms with Crippen LogP contribution in [0.1, 0.15) is 26.3 Å². The van der Waals surface area contributed by atoms with Gasteiger partial charge in [0.2, 0.25) is 0 Å². The monoisotopic (exact) mass is 265 g/mol. The Balaban J connectivity index is 2.22. The highest BCUT2D eigenvalue weighted by Gasteiger charge is 2.10. The van der Waals surface area contributed by atoms with Crippen molar-refractivity contribution in [3.05, 3.63) is 72.0 Å². The average molecular weight is 265 g/mol. The third kappa shape index (κ3) is 3.30. The van der Waals surface area contributed by atoms with Gasteiger partial charge in [-0.1, -0.05) is 55.5 Å². The van der Waals surface area contributed by atoms with Gasteiger partial charge in [-0.3, -0.25) is 0 Å². The van der Waals surface area contributed by atoms with Crippen molar-refractivity contribution in [2.45, 2.75) is 27.2 Å². The van der Waals surface area contributed by atoms with Gasteiger partial charge in [0.1, 0.15) is 0 Å². The van der Waals surface area contributed by atoms with E-state index in [1.807, 2.05) is 6.08 Å². The maximum atomic E-state index is 3.95. The lowest BCUT2D eigenvalue weighted by Gasteiger charge is -2.12. The zero-order valence-electron chi connectivity index (χ0n) is 12.6. The summed E-state index contributed by atoms with van der Waals surface area (Å²) in [6.07, 6.45) is 9.46. The van der Waals surface area contributed by atoms with Crippen LogP contribution in [0.25, 0.3) is 10.9 Å². The summed E-state index contributed by atoms with van der Waals surface area (Å²) in [6, 6.07) is 8.46. The second-order valence-electron chi connectivity index (χ2n) is 5.58. The standard InChI is InChI=1S/C19H23N/c1-5-16(11-10-14(2)3)15(4)12-17-13-20-19-9-7-6-8-18(17)19/h5-11,13,15,20H,1,12H2,2-4H3/b16-11+.